The number of ether oxygens (including phenoxy) is 3. The third-order valence-corrected chi connectivity index (χ3v) is 4.26. The number of nitrogens with two attached hydrogens (primary N) is 1. The minimum absolute atomic E-state index is 0.00564. The Hall–Kier alpha value is -1.95. The molecule has 0 saturated carbocycles. The maximum Gasteiger partial charge on any atom is 0.320 e. The lowest BCUT2D eigenvalue weighted by molar-refractivity contribution is -0.138. The summed E-state index contributed by atoms with van der Waals surface area (Å²) in [6.07, 6.45) is 0.368. The fraction of sp³-hybridized carbons (Fsp3) is 0.632. The van der Waals surface area contributed by atoms with Crippen LogP contribution in [0.25, 0.3) is 0 Å². The van der Waals surface area contributed by atoms with Gasteiger partial charge in [0, 0.05) is 5.56 Å². The maximum atomic E-state index is 11.1. The second kappa shape index (κ2) is 10.1. The zero-order valence-corrected chi connectivity index (χ0v) is 15.9. The fourth-order valence-corrected chi connectivity index (χ4v) is 2.83. The highest BCUT2D eigenvalue weighted by atomic mass is 16.5. The summed E-state index contributed by atoms with van der Waals surface area (Å²) in [6, 6.07) is 2.84. The molecule has 3 unspecified atom stereocenters. The number of rotatable bonds is 11. The second-order valence-electron chi connectivity index (χ2n) is 6.05. The fourth-order valence-electron chi connectivity index (χ4n) is 2.83. The molecule has 0 aromatic heterocycles. The first-order valence-corrected chi connectivity index (χ1v) is 8.90. The summed E-state index contributed by atoms with van der Waals surface area (Å²) in [4.78, 5) is 11.1. The average Bonchev–Trinajstić information content (AvgIpc) is 2.57. The van der Waals surface area contributed by atoms with Crippen molar-refractivity contribution < 1.29 is 24.1 Å². The highest BCUT2D eigenvalue weighted by Crippen LogP contribution is 2.45. The topological polar surface area (TPSA) is 91.0 Å². The third kappa shape index (κ3) is 5.53. The number of benzene rings is 1. The van der Waals surface area contributed by atoms with E-state index in [1.165, 1.54) is 0 Å². The minimum Gasteiger partial charge on any atom is -0.493 e. The summed E-state index contributed by atoms with van der Waals surface area (Å²) in [5.74, 6) is 1.10. The summed E-state index contributed by atoms with van der Waals surface area (Å²) >= 11 is 0. The van der Waals surface area contributed by atoms with Crippen LogP contribution in [-0.4, -0.2) is 36.9 Å². The Morgan fingerprint density at radius 3 is 2.08 bits per heavy atom. The first-order chi connectivity index (χ1) is 11.9. The molecule has 6 heteroatoms. The van der Waals surface area contributed by atoms with Crippen LogP contribution in [0.1, 0.15) is 52.5 Å². The van der Waals surface area contributed by atoms with Gasteiger partial charge in [-0.15, -0.1) is 0 Å². The van der Waals surface area contributed by atoms with Gasteiger partial charge >= 0.3 is 5.97 Å². The summed E-state index contributed by atoms with van der Waals surface area (Å²) < 4.78 is 17.4. The predicted molar refractivity (Wildman–Crippen MR) is 97.8 cm³/mol. The number of hydrogen-bond acceptors (Lipinski definition) is 5. The van der Waals surface area contributed by atoms with Gasteiger partial charge in [-0.05, 0) is 51.2 Å². The molecule has 0 aliphatic rings. The molecule has 0 aliphatic carbocycles. The van der Waals surface area contributed by atoms with E-state index in [9.17, 15) is 4.79 Å². The van der Waals surface area contributed by atoms with E-state index >= 15 is 0 Å². The largest absolute Gasteiger partial charge is 0.493 e. The highest BCUT2D eigenvalue weighted by Gasteiger charge is 2.28. The zero-order chi connectivity index (χ0) is 19.0. The Bertz CT molecular complexity index is 561. The first-order valence-electron chi connectivity index (χ1n) is 8.90. The number of carboxylic acids is 1. The van der Waals surface area contributed by atoms with Gasteiger partial charge in [-0.25, -0.2) is 0 Å². The quantitative estimate of drug-likeness (QED) is 0.633. The molecule has 1 aromatic rings. The Morgan fingerprint density at radius 2 is 1.56 bits per heavy atom. The van der Waals surface area contributed by atoms with Crippen molar-refractivity contribution in [2.45, 2.75) is 53.0 Å². The van der Waals surface area contributed by atoms with Crippen LogP contribution in [-0.2, 0) is 4.79 Å². The third-order valence-electron chi connectivity index (χ3n) is 4.26. The highest BCUT2D eigenvalue weighted by molar-refractivity contribution is 5.73. The molecule has 0 aliphatic heterocycles. The van der Waals surface area contributed by atoms with Gasteiger partial charge in [-0.2, -0.15) is 0 Å². The molecule has 25 heavy (non-hydrogen) atoms. The summed E-state index contributed by atoms with van der Waals surface area (Å²) in [7, 11) is 0. The van der Waals surface area contributed by atoms with E-state index in [2.05, 4.69) is 0 Å². The molecule has 0 bridgehead atoms. The predicted octanol–water partition coefficient (Wildman–Crippen LogP) is 3.42. The van der Waals surface area contributed by atoms with Crippen LogP contribution >= 0.6 is 0 Å². The van der Waals surface area contributed by atoms with Crippen molar-refractivity contribution >= 4 is 5.97 Å². The number of carboxylic acid groups (broad SMARTS) is 1. The Kier molecular flexibility index (Phi) is 8.55. The summed E-state index contributed by atoms with van der Waals surface area (Å²) in [5, 5.41) is 9.08. The van der Waals surface area contributed by atoms with Crippen LogP contribution in [0.2, 0.25) is 0 Å². The van der Waals surface area contributed by atoms with Crippen LogP contribution in [0.5, 0.6) is 17.2 Å². The Morgan fingerprint density at radius 1 is 1.04 bits per heavy atom. The van der Waals surface area contributed by atoms with Crippen molar-refractivity contribution in [3.8, 4) is 17.2 Å². The van der Waals surface area contributed by atoms with Crippen molar-refractivity contribution in [2.75, 3.05) is 19.8 Å². The van der Waals surface area contributed by atoms with Gasteiger partial charge in [0.15, 0.2) is 11.5 Å². The van der Waals surface area contributed by atoms with Crippen molar-refractivity contribution in [2.24, 2.45) is 11.7 Å². The zero-order valence-electron chi connectivity index (χ0n) is 15.9. The molecule has 3 N–H and O–H groups in total. The molecular formula is C19H31NO5. The molecule has 0 radical (unpaired) electrons. The molecule has 0 fully saturated rings. The lowest BCUT2D eigenvalue weighted by Gasteiger charge is -2.27. The SMILES string of the molecule is CCOc1ccc(OCC)c(C(C)C(C)CC(N)C(=O)O)c1OCC. The molecular weight excluding hydrogens is 322 g/mol. The molecule has 1 rings (SSSR count). The van der Waals surface area contributed by atoms with Crippen LogP contribution in [0, 0.1) is 5.92 Å². The van der Waals surface area contributed by atoms with Gasteiger partial charge in [0.1, 0.15) is 11.8 Å². The van der Waals surface area contributed by atoms with E-state index in [0.29, 0.717) is 37.7 Å². The molecule has 0 saturated heterocycles. The summed E-state index contributed by atoms with van der Waals surface area (Å²) in [5.41, 5.74) is 6.62. The number of hydrogen-bond donors (Lipinski definition) is 2. The Balaban J connectivity index is 3.30. The number of aliphatic carboxylic acids is 1. The van der Waals surface area contributed by atoms with Crippen LogP contribution < -0.4 is 19.9 Å². The molecule has 0 amide bonds. The van der Waals surface area contributed by atoms with Crippen molar-refractivity contribution in [1.29, 1.82) is 0 Å². The molecule has 1 aromatic carbocycles. The monoisotopic (exact) mass is 353 g/mol. The van der Waals surface area contributed by atoms with Gasteiger partial charge in [0.25, 0.3) is 0 Å². The Labute approximate surface area is 150 Å². The van der Waals surface area contributed by atoms with Crippen LogP contribution in [0.15, 0.2) is 12.1 Å². The van der Waals surface area contributed by atoms with Gasteiger partial charge in [0.05, 0.1) is 19.8 Å². The first kappa shape index (κ1) is 21.1. The molecule has 0 spiro atoms. The van der Waals surface area contributed by atoms with E-state index in [1.807, 2.05) is 46.8 Å². The lowest BCUT2D eigenvalue weighted by Crippen LogP contribution is -2.33. The van der Waals surface area contributed by atoms with Crippen molar-refractivity contribution in [3.05, 3.63) is 17.7 Å². The molecule has 0 heterocycles. The smallest absolute Gasteiger partial charge is 0.320 e. The normalized spacial score (nSPS) is 14.5. The minimum atomic E-state index is -0.989. The van der Waals surface area contributed by atoms with Crippen LogP contribution in [0.4, 0.5) is 0 Å². The average molecular weight is 353 g/mol. The van der Waals surface area contributed by atoms with Crippen LogP contribution in [0.3, 0.4) is 0 Å². The maximum absolute atomic E-state index is 11.1. The lowest BCUT2D eigenvalue weighted by atomic mass is 9.83. The molecule has 6 nitrogen and oxygen atoms in total. The van der Waals surface area contributed by atoms with Gasteiger partial charge in [-0.1, -0.05) is 13.8 Å². The second-order valence-corrected chi connectivity index (χ2v) is 6.05. The molecule has 3 atom stereocenters. The van der Waals surface area contributed by atoms with Crippen molar-refractivity contribution in [1.82, 2.24) is 0 Å². The van der Waals surface area contributed by atoms with Gasteiger partial charge in [0.2, 0.25) is 0 Å². The van der Waals surface area contributed by atoms with E-state index in [1.54, 1.807) is 0 Å². The van der Waals surface area contributed by atoms with E-state index in [4.69, 9.17) is 25.1 Å². The van der Waals surface area contributed by atoms with E-state index in [-0.39, 0.29) is 11.8 Å². The summed E-state index contributed by atoms with van der Waals surface area (Å²) in [6.45, 7) is 11.4. The van der Waals surface area contributed by atoms with E-state index < -0.39 is 12.0 Å². The van der Waals surface area contributed by atoms with Crippen molar-refractivity contribution in [3.63, 3.8) is 0 Å². The van der Waals surface area contributed by atoms with Gasteiger partial charge < -0.3 is 25.1 Å². The van der Waals surface area contributed by atoms with E-state index in [0.717, 1.165) is 11.3 Å². The standard InChI is InChI=1S/C19H31NO5/c1-6-23-15-9-10-16(24-7-2)18(25-8-3)17(15)13(5)12(4)11-14(20)19(21)22/h9-10,12-14H,6-8,11,20H2,1-5H3,(H,21,22). The molecule has 142 valence electrons. The number of carbonyl (C=O) groups is 1. The van der Waals surface area contributed by atoms with Gasteiger partial charge in [-0.3, -0.25) is 4.79 Å².